The Morgan fingerprint density at radius 3 is 2.21 bits per heavy atom. The fourth-order valence-electron chi connectivity index (χ4n) is 3.50. The van der Waals surface area contributed by atoms with Gasteiger partial charge in [0.25, 0.3) is 5.91 Å². The highest BCUT2D eigenvalue weighted by molar-refractivity contribution is 5.96. The zero-order valence-corrected chi connectivity index (χ0v) is 18.1. The van der Waals surface area contributed by atoms with Crippen LogP contribution in [0.2, 0.25) is 0 Å². The molecule has 0 amide bonds. The number of unbranched alkanes of at least 4 members (excludes halogenated alkanes) is 6. The molecule has 4 nitrogen and oxygen atoms in total. The number of rotatable bonds is 12. The van der Waals surface area contributed by atoms with Gasteiger partial charge < -0.3 is 4.74 Å². The number of aromatic nitrogens is 2. The number of ether oxygens (including phenoxy) is 1. The van der Waals surface area contributed by atoms with Gasteiger partial charge in [0.1, 0.15) is 5.75 Å². The molecule has 154 valence electrons. The lowest BCUT2D eigenvalue weighted by Crippen LogP contribution is -2.15. The summed E-state index contributed by atoms with van der Waals surface area (Å²) in [5, 5.41) is 4.52. The van der Waals surface area contributed by atoms with Crippen LogP contribution in [0.5, 0.6) is 5.75 Å². The Bertz CT molecular complexity index is 732. The van der Waals surface area contributed by atoms with Gasteiger partial charge in [0.2, 0.25) is 0 Å². The molecule has 0 saturated heterocycles. The molecule has 0 unspecified atom stereocenters. The minimum Gasteiger partial charge on any atom is -0.494 e. The largest absolute Gasteiger partial charge is 0.494 e. The van der Waals surface area contributed by atoms with Crippen molar-refractivity contribution >= 4 is 5.91 Å². The molecule has 0 atom stereocenters. The van der Waals surface area contributed by atoms with E-state index in [-0.39, 0.29) is 5.91 Å². The van der Waals surface area contributed by atoms with E-state index < -0.39 is 0 Å². The summed E-state index contributed by atoms with van der Waals surface area (Å²) in [6, 6.07) is 7.43. The van der Waals surface area contributed by atoms with Crippen molar-refractivity contribution in [3.05, 3.63) is 46.8 Å². The molecule has 0 bridgehead atoms. The SMILES string of the molecule is CCCCCCOc1ccc(C(=O)n2nc(C)c(CCCCCC)c2C)cc1. The van der Waals surface area contributed by atoms with Crippen LogP contribution in [-0.2, 0) is 6.42 Å². The Labute approximate surface area is 170 Å². The third-order valence-corrected chi connectivity index (χ3v) is 5.28. The van der Waals surface area contributed by atoms with Crippen molar-refractivity contribution in [2.24, 2.45) is 0 Å². The first kappa shape index (κ1) is 22.2. The van der Waals surface area contributed by atoms with Gasteiger partial charge in [-0.3, -0.25) is 4.79 Å². The van der Waals surface area contributed by atoms with Crippen LogP contribution >= 0.6 is 0 Å². The van der Waals surface area contributed by atoms with Crippen LogP contribution in [0.25, 0.3) is 0 Å². The van der Waals surface area contributed by atoms with Gasteiger partial charge in [-0.15, -0.1) is 0 Å². The molecular formula is C24H36N2O2. The van der Waals surface area contributed by atoms with E-state index >= 15 is 0 Å². The van der Waals surface area contributed by atoms with E-state index in [1.165, 1.54) is 44.1 Å². The van der Waals surface area contributed by atoms with Gasteiger partial charge in [0.15, 0.2) is 0 Å². The molecule has 0 aliphatic rings. The lowest BCUT2D eigenvalue weighted by Gasteiger charge is -2.08. The molecule has 1 aromatic heterocycles. The third-order valence-electron chi connectivity index (χ3n) is 5.28. The van der Waals surface area contributed by atoms with E-state index in [1.807, 2.05) is 38.1 Å². The van der Waals surface area contributed by atoms with Crippen molar-refractivity contribution in [2.45, 2.75) is 85.5 Å². The maximum atomic E-state index is 12.9. The number of benzene rings is 1. The fraction of sp³-hybridized carbons (Fsp3) is 0.583. The molecule has 1 aromatic carbocycles. The average molecular weight is 385 g/mol. The van der Waals surface area contributed by atoms with Crippen molar-refractivity contribution in [1.82, 2.24) is 9.78 Å². The second-order valence-electron chi connectivity index (χ2n) is 7.61. The molecule has 1 heterocycles. The van der Waals surface area contributed by atoms with Gasteiger partial charge in [0, 0.05) is 11.3 Å². The lowest BCUT2D eigenvalue weighted by molar-refractivity contribution is 0.0942. The number of carbonyl (C=O) groups excluding carboxylic acids is 1. The molecule has 0 fully saturated rings. The van der Waals surface area contributed by atoms with Gasteiger partial charge in [-0.05, 0) is 62.9 Å². The molecule has 2 rings (SSSR count). The Morgan fingerprint density at radius 2 is 1.57 bits per heavy atom. The van der Waals surface area contributed by atoms with Crippen LogP contribution in [0.1, 0.15) is 92.5 Å². The molecule has 0 saturated carbocycles. The van der Waals surface area contributed by atoms with Crippen molar-refractivity contribution in [3.8, 4) is 5.75 Å². The highest BCUT2D eigenvalue weighted by Gasteiger charge is 2.17. The summed E-state index contributed by atoms with van der Waals surface area (Å²) >= 11 is 0. The van der Waals surface area contributed by atoms with Crippen LogP contribution in [-0.4, -0.2) is 22.3 Å². The van der Waals surface area contributed by atoms with Crippen LogP contribution in [0.15, 0.2) is 24.3 Å². The maximum absolute atomic E-state index is 12.9. The van der Waals surface area contributed by atoms with E-state index in [1.54, 1.807) is 4.68 Å². The molecule has 0 radical (unpaired) electrons. The number of nitrogens with zero attached hydrogens (tertiary/aromatic N) is 2. The van der Waals surface area contributed by atoms with Crippen LogP contribution in [0.3, 0.4) is 0 Å². The Kier molecular flexibility index (Phi) is 9.26. The minimum absolute atomic E-state index is 0.0742. The van der Waals surface area contributed by atoms with Crippen LogP contribution in [0, 0.1) is 13.8 Å². The maximum Gasteiger partial charge on any atom is 0.278 e. The monoisotopic (exact) mass is 384 g/mol. The first-order chi connectivity index (χ1) is 13.6. The Balaban J connectivity index is 1.97. The summed E-state index contributed by atoms with van der Waals surface area (Å²) in [5.74, 6) is 0.743. The van der Waals surface area contributed by atoms with Crippen molar-refractivity contribution in [2.75, 3.05) is 6.61 Å². The van der Waals surface area contributed by atoms with Crippen LogP contribution in [0.4, 0.5) is 0 Å². The summed E-state index contributed by atoms with van der Waals surface area (Å²) < 4.78 is 7.33. The molecule has 0 aliphatic carbocycles. The summed E-state index contributed by atoms with van der Waals surface area (Å²) in [6.07, 6.45) is 10.6. The second-order valence-corrected chi connectivity index (χ2v) is 7.61. The molecule has 2 aromatic rings. The Morgan fingerprint density at radius 1 is 0.929 bits per heavy atom. The number of carbonyl (C=O) groups is 1. The molecule has 28 heavy (non-hydrogen) atoms. The lowest BCUT2D eigenvalue weighted by atomic mass is 10.0. The summed E-state index contributed by atoms with van der Waals surface area (Å²) in [5.41, 5.74) is 3.79. The van der Waals surface area contributed by atoms with E-state index in [2.05, 4.69) is 18.9 Å². The highest BCUT2D eigenvalue weighted by atomic mass is 16.5. The van der Waals surface area contributed by atoms with Crippen molar-refractivity contribution in [3.63, 3.8) is 0 Å². The first-order valence-corrected chi connectivity index (χ1v) is 10.9. The number of hydrogen-bond acceptors (Lipinski definition) is 3. The van der Waals surface area contributed by atoms with Crippen molar-refractivity contribution in [1.29, 1.82) is 0 Å². The highest BCUT2D eigenvalue weighted by Crippen LogP contribution is 2.19. The van der Waals surface area contributed by atoms with E-state index in [4.69, 9.17) is 4.74 Å². The summed E-state index contributed by atoms with van der Waals surface area (Å²) in [6.45, 7) is 9.15. The van der Waals surface area contributed by atoms with Crippen LogP contribution < -0.4 is 4.74 Å². The van der Waals surface area contributed by atoms with Gasteiger partial charge >= 0.3 is 0 Å². The van der Waals surface area contributed by atoms with Gasteiger partial charge in [-0.1, -0.05) is 52.4 Å². The molecule has 0 aliphatic heterocycles. The van der Waals surface area contributed by atoms with E-state index in [9.17, 15) is 4.79 Å². The third kappa shape index (κ3) is 6.22. The Hall–Kier alpha value is -2.10. The first-order valence-electron chi connectivity index (χ1n) is 10.9. The smallest absolute Gasteiger partial charge is 0.278 e. The molecule has 0 spiro atoms. The zero-order valence-electron chi connectivity index (χ0n) is 18.1. The van der Waals surface area contributed by atoms with Gasteiger partial charge in [-0.25, -0.2) is 4.68 Å². The predicted octanol–water partition coefficient (Wildman–Crippen LogP) is 6.27. The number of hydrogen-bond donors (Lipinski definition) is 0. The fourth-order valence-corrected chi connectivity index (χ4v) is 3.50. The molecule has 0 N–H and O–H groups in total. The zero-order chi connectivity index (χ0) is 20.4. The van der Waals surface area contributed by atoms with Gasteiger partial charge in [0.05, 0.1) is 12.3 Å². The van der Waals surface area contributed by atoms with E-state index in [0.717, 1.165) is 43.0 Å². The average Bonchev–Trinajstić information content (AvgIpc) is 2.99. The standard InChI is InChI=1S/C24H36N2O2/c1-5-7-9-11-13-23-19(3)25-26(20(23)4)24(27)21-14-16-22(17-15-21)28-18-12-10-8-6-2/h14-17H,5-13,18H2,1-4H3. The van der Waals surface area contributed by atoms with E-state index in [0.29, 0.717) is 5.56 Å². The summed E-state index contributed by atoms with van der Waals surface area (Å²) in [7, 11) is 0. The predicted molar refractivity (Wildman–Crippen MR) is 115 cm³/mol. The topological polar surface area (TPSA) is 44.1 Å². The molecule has 4 heteroatoms. The summed E-state index contributed by atoms with van der Waals surface area (Å²) in [4.78, 5) is 12.9. The second kappa shape index (κ2) is 11.7. The quantitative estimate of drug-likeness (QED) is 0.405. The normalized spacial score (nSPS) is 11.0. The van der Waals surface area contributed by atoms with Gasteiger partial charge in [-0.2, -0.15) is 5.10 Å². The van der Waals surface area contributed by atoms with Crippen molar-refractivity contribution < 1.29 is 9.53 Å². The minimum atomic E-state index is -0.0742. The number of aryl methyl sites for hydroxylation is 1. The molecular weight excluding hydrogens is 348 g/mol.